The molecule has 0 radical (unpaired) electrons. The highest BCUT2D eigenvalue weighted by Gasteiger charge is 2.22. The average molecular weight is 382 g/mol. The van der Waals surface area contributed by atoms with Crippen molar-refractivity contribution in [3.8, 4) is 11.3 Å². The van der Waals surface area contributed by atoms with Gasteiger partial charge in [-0.15, -0.1) is 0 Å². The summed E-state index contributed by atoms with van der Waals surface area (Å²) in [4.78, 5) is 13.3. The van der Waals surface area contributed by atoms with Gasteiger partial charge in [-0.3, -0.25) is 4.79 Å². The third-order valence-corrected chi connectivity index (χ3v) is 5.14. The summed E-state index contributed by atoms with van der Waals surface area (Å²) in [6.07, 6.45) is 0.771. The predicted molar refractivity (Wildman–Crippen MR) is 115 cm³/mol. The van der Waals surface area contributed by atoms with Crippen LogP contribution in [0.3, 0.4) is 0 Å². The van der Waals surface area contributed by atoms with Crippen LogP contribution in [0, 0.1) is 5.21 Å². The predicted octanol–water partition coefficient (Wildman–Crippen LogP) is 5.02. The highest BCUT2D eigenvalue weighted by Crippen LogP contribution is 2.24. The first-order valence-electron chi connectivity index (χ1n) is 9.75. The fraction of sp³-hybridized carbons (Fsp3) is 0.120. The number of carbonyl (C=O) groups excluding carboxylic acids is 1. The molecule has 29 heavy (non-hydrogen) atoms. The summed E-state index contributed by atoms with van der Waals surface area (Å²) in [5, 5.41) is 16.8. The number of rotatable bonds is 5. The number of fused-ring (bicyclic) bond motifs is 1. The van der Waals surface area contributed by atoms with Gasteiger partial charge in [-0.2, -0.15) is 4.73 Å². The van der Waals surface area contributed by atoms with Crippen molar-refractivity contribution in [2.45, 2.75) is 19.4 Å². The van der Waals surface area contributed by atoms with Crippen LogP contribution in [-0.2, 0) is 0 Å². The van der Waals surface area contributed by atoms with E-state index in [-0.39, 0.29) is 11.9 Å². The van der Waals surface area contributed by atoms with Gasteiger partial charge in [0.25, 0.3) is 5.91 Å². The van der Waals surface area contributed by atoms with E-state index in [1.54, 1.807) is 12.1 Å². The summed E-state index contributed by atoms with van der Waals surface area (Å²) in [5.41, 5.74) is 3.28. The lowest BCUT2D eigenvalue weighted by Crippen LogP contribution is -2.33. The van der Waals surface area contributed by atoms with Gasteiger partial charge in [0.15, 0.2) is 0 Å². The molecule has 0 saturated carbocycles. The first-order valence-corrected chi connectivity index (χ1v) is 9.75. The molecular formula is C25H22N2O2. The smallest absolute Gasteiger partial charge is 0.252 e. The second-order valence-corrected chi connectivity index (χ2v) is 6.97. The maximum Gasteiger partial charge on any atom is 0.252 e. The van der Waals surface area contributed by atoms with E-state index in [1.807, 2.05) is 85.8 Å². The molecule has 0 bridgehead atoms. The summed E-state index contributed by atoms with van der Waals surface area (Å²) in [5.74, 6) is -0.185. The van der Waals surface area contributed by atoms with E-state index in [9.17, 15) is 10.0 Å². The summed E-state index contributed by atoms with van der Waals surface area (Å²) in [6, 6.07) is 28.2. The molecule has 144 valence electrons. The number of benzene rings is 3. The second kappa shape index (κ2) is 8.15. The van der Waals surface area contributed by atoms with Gasteiger partial charge in [0.1, 0.15) is 0 Å². The molecule has 1 amide bonds. The molecule has 4 rings (SSSR count). The maximum atomic E-state index is 13.3. The molecule has 4 heteroatoms. The Kier molecular flexibility index (Phi) is 5.25. The summed E-state index contributed by atoms with van der Waals surface area (Å²) in [6.45, 7) is 2.04. The van der Waals surface area contributed by atoms with E-state index in [2.05, 4.69) is 5.32 Å². The second-order valence-electron chi connectivity index (χ2n) is 6.97. The average Bonchev–Trinajstić information content (AvgIpc) is 2.79. The molecule has 0 aliphatic carbocycles. The molecule has 0 unspecified atom stereocenters. The first-order chi connectivity index (χ1) is 14.2. The van der Waals surface area contributed by atoms with Crippen molar-refractivity contribution in [1.82, 2.24) is 5.32 Å². The van der Waals surface area contributed by atoms with Gasteiger partial charge in [-0.05, 0) is 30.2 Å². The van der Waals surface area contributed by atoms with Crippen LogP contribution < -0.4 is 10.0 Å². The van der Waals surface area contributed by atoms with Crippen molar-refractivity contribution >= 4 is 16.8 Å². The molecular weight excluding hydrogens is 360 g/mol. The minimum Gasteiger partial charge on any atom is -0.618 e. The number of amides is 1. The Hall–Kier alpha value is -3.66. The van der Waals surface area contributed by atoms with Crippen molar-refractivity contribution < 1.29 is 9.52 Å². The Bertz CT molecular complexity index is 1140. The number of nitrogens with zero attached hydrogens (tertiary/aromatic N) is 1. The van der Waals surface area contributed by atoms with Crippen LogP contribution in [-0.4, -0.2) is 5.91 Å². The first kappa shape index (κ1) is 18.7. The molecule has 4 nitrogen and oxygen atoms in total. The third kappa shape index (κ3) is 3.69. The normalized spacial score (nSPS) is 11.9. The third-order valence-electron chi connectivity index (χ3n) is 5.14. The van der Waals surface area contributed by atoms with E-state index in [1.165, 1.54) is 0 Å². The van der Waals surface area contributed by atoms with E-state index in [0.717, 1.165) is 22.3 Å². The minimum absolute atomic E-state index is 0.0952. The fourth-order valence-corrected chi connectivity index (χ4v) is 3.62. The zero-order valence-electron chi connectivity index (χ0n) is 16.2. The van der Waals surface area contributed by atoms with E-state index in [0.29, 0.717) is 22.2 Å². The molecule has 0 spiro atoms. The summed E-state index contributed by atoms with van der Waals surface area (Å²) < 4.78 is 0.899. The standard InChI is InChI=1S/C25H22N2O2/c1-2-22(18-11-5-3-6-12-18)26-25(28)21-17-24(19-13-7-4-8-14-19)27(29)23-16-10-9-15-20(21)23/h3-17,22H,2H2,1H3,(H,26,28)/t22-/m0/s1. The van der Waals surface area contributed by atoms with Crippen LogP contribution in [0.5, 0.6) is 0 Å². The van der Waals surface area contributed by atoms with Crippen LogP contribution in [0.4, 0.5) is 0 Å². The van der Waals surface area contributed by atoms with Gasteiger partial charge >= 0.3 is 0 Å². The molecule has 1 atom stereocenters. The van der Waals surface area contributed by atoms with Gasteiger partial charge < -0.3 is 10.5 Å². The SMILES string of the molecule is CC[C@H](NC(=O)c1cc(-c2ccccc2)[n+]([O-])c2ccccc12)c1ccccc1. The Morgan fingerprint density at radius 2 is 1.55 bits per heavy atom. The van der Waals surface area contributed by atoms with Crippen molar-refractivity contribution in [2.24, 2.45) is 0 Å². The number of nitrogens with one attached hydrogen (secondary N) is 1. The van der Waals surface area contributed by atoms with Crippen molar-refractivity contribution in [3.05, 3.63) is 107 Å². The lowest BCUT2D eigenvalue weighted by Gasteiger charge is -2.18. The van der Waals surface area contributed by atoms with Gasteiger partial charge in [0.2, 0.25) is 11.2 Å². The van der Waals surface area contributed by atoms with Crippen molar-refractivity contribution in [2.75, 3.05) is 0 Å². The van der Waals surface area contributed by atoms with Crippen LogP contribution in [0.2, 0.25) is 0 Å². The molecule has 0 saturated heterocycles. The number of hydrogen-bond donors (Lipinski definition) is 1. The van der Waals surface area contributed by atoms with E-state index >= 15 is 0 Å². The minimum atomic E-state index is -0.185. The van der Waals surface area contributed by atoms with Gasteiger partial charge in [0.05, 0.1) is 17.0 Å². The maximum absolute atomic E-state index is 13.3. The Labute approximate surface area is 170 Å². The van der Waals surface area contributed by atoms with Gasteiger partial charge in [0, 0.05) is 17.7 Å². The lowest BCUT2D eigenvalue weighted by molar-refractivity contribution is -0.565. The lowest BCUT2D eigenvalue weighted by atomic mass is 10.0. The number of carbonyl (C=O) groups is 1. The van der Waals surface area contributed by atoms with Gasteiger partial charge in [-0.1, -0.05) is 67.6 Å². The molecule has 1 aromatic heterocycles. The molecule has 0 fully saturated rings. The molecule has 4 aromatic rings. The molecule has 0 aliphatic heterocycles. The quantitative estimate of drug-likeness (QED) is 0.389. The number of aromatic nitrogens is 1. The van der Waals surface area contributed by atoms with Gasteiger partial charge in [-0.25, -0.2) is 0 Å². The van der Waals surface area contributed by atoms with E-state index in [4.69, 9.17) is 0 Å². The highest BCUT2D eigenvalue weighted by molar-refractivity contribution is 6.06. The van der Waals surface area contributed by atoms with Crippen LogP contribution in [0.15, 0.2) is 91.0 Å². The zero-order chi connectivity index (χ0) is 20.2. The number of pyridine rings is 1. The molecule has 1 N–H and O–H groups in total. The topological polar surface area (TPSA) is 56.0 Å². The van der Waals surface area contributed by atoms with E-state index < -0.39 is 0 Å². The Morgan fingerprint density at radius 1 is 0.931 bits per heavy atom. The Morgan fingerprint density at radius 3 is 2.24 bits per heavy atom. The van der Waals surface area contributed by atoms with Crippen LogP contribution >= 0.6 is 0 Å². The van der Waals surface area contributed by atoms with Crippen LogP contribution in [0.1, 0.15) is 35.3 Å². The molecule has 0 aliphatic rings. The van der Waals surface area contributed by atoms with Crippen molar-refractivity contribution in [3.63, 3.8) is 0 Å². The fourth-order valence-electron chi connectivity index (χ4n) is 3.62. The highest BCUT2D eigenvalue weighted by atomic mass is 16.5. The van der Waals surface area contributed by atoms with Crippen LogP contribution in [0.25, 0.3) is 22.2 Å². The molecule has 1 heterocycles. The summed E-state index contributed by atoms with van der Waals surface area (Å²) >= 11 is 0. The largest absolute Gasteiger partial charge is 0.618 e. The molecule has 3 aromatic carbocycles. The number of para-hydroxylation sites is 1. The monoisotopic (exact) mass is 382 g/mol. The Balaban J connectivity index is 1.80. The summed E-state index contributed by atoms with van der Waals surface area (Å²) in [7, 11) is 0. The zero-order valence-corrected chi connectivity index (χ0v) is 16.2. The number of hydrogen-bond acceptors (Lipinski definition) is 2. The van der Waals surface area contributed by atoms with Crippen molar-refractivity contribution in [1.29, 1.82) is 0 Å².